The summed E-state index contributed by atoms with van der Waals surface area (Å²) in [6.07, 6.45) is 2.70. The number of benzene rings is 3. The number of carbonyl (C=O) groups excluding carboxylic acids is 7. The molecule has 0 unspecified atom stereocenters. The number of unbranched alkanes of at least 4 members (excludes halogenated alkanes) is 1. The normalized spacial score (nSPS) is 14.6. The van der Waals surface area contributed by atoms with Crippen LogP contribution >= 0.6 is 0 Å². The molecule has 0 saturated heterocycles. The Hall–Kier alpha value is -6.19. The molecule has 0 aliphatic heterocycles. The van der Waals surface area contributed by atoms with E-state index < -0.39 is 77.7 Å². The van der Waals surface area contributed by atoms with Crippen LogP contribution in [0.25, 0.3) is 10.9 Å². The molecular formula is C51H68N6O9. The number of Topliss-reactive ketones (excluding diaryl/α,β-unsaturated/α-hetero) is 3. The highest BCUT2D eigenvalue weighted by Gasteiger charge is 2.33. The Labute approximate surface area is 387 Å². The van der Waals surface area contributed by atoms with Gasteiger partial charge < -0.3 is 42.6 Å². The molecule has 7 atom stereocenters. The first kappa shape index (κ1) is 52.4. The number of H-pyrrole nitrogens is 1. The number of aromatic hydroxyl groups is 1. The number of phenols is 1. The number of ketones is 3. The second-order valence-corrected chi connectivity index (χ2v) is 18.0. The van der Waals surface area contributed by atoms with Crippen LogP contribution in [0.5, 0.6) is 5.75 Å². The summed E-state index contributed by atoms with van der Waals surface area (Å²) in [5, 5.41) is 29.0. The summed E-state index contributed by atoms with van der Waals surface area (Å²) in [7, 11) is 0. The third-order valence-corrected chi connectivity index (χ3v) is 12.0. The number of amides is 4. The van der Waals surface area contributed by atoms with Crippen LogP contribution in [-0.2, 0) is 52.8 Å². The zero-order chi connectivity index (χ0) is 48.3. The van der Waals surface area contributed by atoms with Crippen LogP contribution in [0.15, 0.2) is 85.1 Å². The van der Waals surface area contributed by atoms with Crippen LogP contribution in [0.2, 0.25) is 0 Å². The molecule has 356 valence electrons. The van der Waals surface area contributed by atoms with Crippen molar-refractivity contribution in [3.05, 3.63) is 102 Å². The van der Waals surface area contributed by atoms with Gasteiger partial charge in [-0.2, -0.15) is 0 Å². The molecule has 0 spiro atoms. The predicted molar refractivity (Wildman–Crippen MR) is 253 cm³/mol. The highest BCUT2D eigenvalue weighted by atomic mass is 16.3. The maximum absolute atomic E-state index is 14.5. The van der Waals surface area contributed by atoms with E-state index in [1.807, 2.05) is 45.0 Å². The fraction of sp³-hybridized carbons (Fsp3) is 0.471. The van der Waals surface area contributed by atoms with E-state index in [-0.39, 0.29) is 68.3 Å². The van der Waals surface area contributed by atoms with Gasteiger partial charge >= 0.3 is 0 Å². The maximum Gasteiger partial charge on any atom is 0.242 e. The fourth-order valence-electron chi connectivity index (χ4n) is 8.15. The first-order valence-corrected chi connectivity index (χ1v) is 22.9. The summed E-state index contributed by atoms with van der Waals surface area (Å²) in [5.41, 5.74) is 14.2. The Kier molecular flexibility index (Phi) is 20.7. The van der Waals surface area contributed by atoms with Crippen LogP contribution in [0.4, 0.5) is 0 Å². The molecule has 10 N–H and O–H groups in total. The van der Waals surface area contributed by atoms with Crippen LogP contribution < -0.4 is 27.4 Å². The fourth-order valence-corrected chi connectivity index (χ4v) is 8.15. The molecule has 0 saturated carbocycles. The summed E-state index contributed by atoms with van der Waals surface area (Å²) in [6, 6.07) is 20.5. The van der Waals surface area contributed by atoms with Crippen molar-refractivity contribution in [1.82, 2.24) is 20.9 Å². The number of phenolic OH excluding ortho intramolecular Hbond substituents is 1. The number of primary amides is 1. The molecule has 3 aromatic carbocycles. The van der Waals surface area contributed by atoms with Gasteiger partial charge in [0, 0.05) is 60.0 Å². The van der Waals surface area contributed by atoms with Crippen LogP contribution in [0, 0.1) is 29.6 Å². The molecule has 4 rings (SSSR count). The van der Waals surface area contributed by atoms with Gasteiger partial charge in [-0.25, -0.2) is 0 Å². The van der Waals surface area contributed by atoms with Crippen molar-refractivity contribution in [1.29, 1.82) is 0 Å². The van der Waals surface area contributed by atoms with E-state index in [4.69, 9.17) is 11.5 Å². The number of aromatic amines is 1. The number of para-hydroxylation sites is 1. The van der Waals surface area contributed by atoms with Crippen molar-refractivity contribution in [2.45, 2.75) is 110 Å². The topological polar surface area (TPSA) is 264 Å². The van der Waals surface area contributed by atoms with Crippen molar-refractivity contribution in [3.63, 3.8) is 0 Å². The lowest BCUT2D eigenvalue weighted by Crippen LogP contribution is -2.52. The van der Waals surface area contributed by atoms with Gasteiger partial charge in [0.2, 0.25) is 23.6 Å². The second kappa shape index (κ2) is 26.1. The van der Waals surface area contributed by atoms with E-state index in [9.17, 15) is 43.8 Å². The molecule has 4 aromatic rings. The van der Waals surface area contributed by atoms with Crippen molar-refractivity contribution in [2.75, 3.05) is 13.1 Å². The number of rotatable bonds is 29. The zero-order valence-corrected chi connectivity index (χ0v) is 38.6. The molecule has 1 aromatic heterocycles. The van der Waals surface area contributed by atoms with Crippen LogP contribution in [0.1, 0.15) is 89.3 Å². The van der Waals surface area contributed by atoms with Gasteiger partial charge in [0.25, 0.3) is 0 Å². The Balaban J connectivity index is 1.56. The molecule has 0 aliphatic rings. The number of nitrogens with two attached hydrogens (primary N) is 2. The molecule has 0 aliphatic carbocycles. The minimum Gasteiger partial charge on any atom is -0.508 e. The third kappa shape index (κ3) is 16.7. The Bertz CT molecular complexity index is 2240. The van der Waals surface area contributed by atoms with Gasteiger partial charge in [0.1, 0.15) is 17.6 Å². The number of fused-ring (bicyclic) bond motifs is 1. The van der Waals surface area contributed by atoms with E-state index in [2.05, 4.69) is 20.9 Å². The number of nitrogens with one attached hydrogen (secondary N) is 4. The summed E-state index contributed by atoms with van der Waals surface area (Å²) in [5.74, 6) is -6.69. The number of hydrogen-bond donors (Lipinski definition) is 8. The van der Waals surface area contributed by atoms with Gasteiger partial charge in [-0.3, -0.25) is 33.6 Å². The highest BCUT2D eigenvalue weighted by Crippen LogP contribution is 2.25. The number of aliphatic hydroxyl groups excluding tert-OH is 1. The molecule has 4 amide bonds. The van der Waals surface area contributed by atoms with Crippen molar-refractivity contribution < 1.29 is 43.8 Å². The third-order valence-electron chi connectivity index (χ3n) is 12.0. The van der Waals surface area contributed by atoms with E-state index in [1.165, 1.54) is 19.1 Å². The molecule has 0 fully saturated rings. The molecular weight excluding hydrogens is 841 g/mol. The molecule has 15 heteroatoms. The summed E-state index contributed by atoms with van der Waals surface area (Å²) in [6.45, 7) is 7.04. The van der Waals surface area contributed by atoms with Crippen molar-refractivity contribution in [3.8, 4) is 5.75 Å². The Morgan fingerprint density at radius 2 is 1.27 bits per heavy atom. The first-order chi connectivity index (χ1) is 31.4. The molecule has 0 radical (unpaired) electrons. The average Bonchev–Trinajstić information content (AvgIpc) is 3.69. The highest BCUT2D eigenvalue weighted by molar-refractivity contribution is 5.96. The Morgan fingerprint density at radius 3 is 1.91 bits per heavy atom. The van der Waals surface area contributed by atoms with Crippen LogP contribution in [0.3, 0.4) is 0 Å². The minimum atomic E-state index is -1.38. The maximum atomic E-state index is 14.5. The van der Waals surface area contributed by atoms with E-state index >= 15 is 0 Å². The van der Waals surface area contributed by atoms with Gasteiger partial charge in [-0.05, 0) is 92.8 Å². The minimum absolute atomic E-state index is 0.0441. The number of carbonyl (C=O) groups is 7. The van der Waals surface area contributed by atoms with Gasteiger partial charge in [0.15, 0.2) is 11.6 Å². The van der Waals surface area contributed by atoms with Gasteiger partial charge in [0.05, 0.1) is 18.7 Å². The standard InChI is InChI=1S/C51H68N6O9/c1-31(2)22-44(56-50(65)37(24-35-17-19-40(59)20-18-35)27-45(61)32(3)12-10-11-21-52)46(62)28-38(25-39-29-54-43-16-9-8-15-42(39)43)49(64)55-30-41(60)26-36(23-34-13-6-5-7-14-34)51(66)57-47(33(4)58)48(53)63/h5-9,13-20,29,31-33,36-38,44,47,54,58-59H,10-12,21-28,30,52H2,1-4H3,(H2,53,63)(H,55,64)(H,56,65)(H,57,66)/t32-,33+,36+,37+,38+,44-,47-/m0/s1. The largest absolute Gasteiger partial charge is 0.508 e. The van der Waals surface area contributed by atoms with Gasteiger partial charge in [-0.15, -0.1) is 0 Å². The first-order valence-electron chi connectivity index (χ1n) is 22.9. The van der Waals surface area contributed by atoms with E-state index in [0.29, 0.717) is 13.0 Å². The predicted octanol–water partition coefficient (Wildman–Crippen LogP) is 4.39. The van der Waals surface area contributed by atoms with E-state index in [1.54, 1.807) is 48.7 Å². The monoisotopic (exact) mass is 909 g/mol. The van der Waals surface area contributed by atoms with Crippen molar-refractivity contribution >= 4 is 51.9 Å². The van der Waals surface area contributed by atoms with Crippen LogP contribution in [-0.4, -0.2) is 87.5 Å². The molecule has 66 heavy (non-hydrogen) atoms. The zero-order valence-electron chi connectivity index (χ0n) is 38.6. The second-order valence-electron chi connectivity index (χ2n) is 18.0. The SMILES string of the molecule is CC(C)C[C@H](NC(=O)[C@@H](CC(=O)[C@@H](C)CCCCN)Cc1ccc(O)cc1)C(=O)C[C@@H](Cc1c[nH]c2ccccc12)C(=O)NCC(=O)C[C@@H](Cc1ccccc1)C(=O)N[C@H](C(N)=O)[C@@H](C)O. The molecule has 1 heterocycles. The lowest BCUT2D eigenvalue weighted by Gasteiger charge is -2.25. The number of aromatic nitrogens is 1. The number of aliphatic hydroxyl groups is 1. The quantitative estimate of drug-likeness (QED) is 0.0356. The smallest absolute Gasteiger partial charge is 0.242 e. The summed E-state index contributed by atoms with van der Waals surface area (Å²) in [4.78, 5) is 98.7. The van der Waals surface area contributed by atoms with Gasteiger partial charge in [-0.1, -0.05) is 87.9 Å². The molecule has 0 bridgehead atoms. The summed E-state index contributed by atoms with van der Waals surface area (Å²) < 4.78 is 0. The van der Waals surface area contributed by atoms with Crippen molar-refractivity contribution in [2.24, 2.45) is 41.1 Å². The number of hydrogen-bond acceptors (Lipinski definition) is 10. The Morgan fingerprint density at radius 1 is 0.682 bits per heavy atom. The summed E-state index contributed by atoms with van der Waals surface area (Å²) >= 11 is 0. The lowest BCUT2D eigenvalue weighted by atomic mass is 9.86. The van der Waals surface area contributed by atoms with E-state index in [0.717, 1.165) is 40.4 Å². The lowest BCUT2D eigenvalue weighted by molar-refractivity contribution is -0.135. The molecule has 15 nitrogen and oxygen atoms in total. The average molecular weight is 909 g/mol.